The van der Waals surface area contributed by atoms with Crippen molar-refractivity contribution in [1.82, 2.24) is 19.4 Å². The van der Waals surface area contributed by atoms with Crippen LogP contribution in [0.2, 0.25) is 0 Å². The number of nitrogens with zero attached hydrogens (tertiary/aromatic N) is 5. The van der Waals surface area contributed by atoms with Gasteiger partial charge in [-0.3, -0.25) is 0 Å². The first-order valence-electron chi connectivity index (χ1n) is 11.3. The van der Waals surface area contributed by atoms with Gasteiger partial charge in [-0.15, -0.1) is 0 Å². The smallest absolute Gasteiger partial charge is 0.227 e. The molecular weight excluding hydrogens is 426 g/mol. The van der Waals surface area contributed by atoms with E-state index >= 15 is 0 Å². The van der Waals surface area contributed by atoms with Gasteiger partial charge < -0.3 is 30.2 Å². The van der Waals surface area contributed by atoms with Crippen molar-refractivity contribution in [2.24, 2.45) is 7.05 Å². The Kier molecular flexibility index (Phi) is 6.61. The number of likely N-dealkylation sites (N-methyl/N-ethyl adjacent to an activating group) is 2. The van der Waals surface area contributed by atoms with Gasteiger partial charge in [-0.25, -0.2) is 9.97 Å². The van der Waals surface area contributed by atoms with E-state index in [1.807, 2.05) is 25.2 Å². The van der Waals surface area contributed by atoms with E-state index in [9.17, 15) is 0 Å². The number of nitrogens with two attached hydrogens (primary N) is 1. The number of fused-ring (bicyclic) bond motifs is 1. The zero-order valence-electron chi connectivity index (χ0n) is 20.8. The number of methoxy groups -OCH3 is 1. The van der Waals surface area contributed by atoms with E-state index in [0.717, 1.165) is 41.1 Å². The van der Waals surface area contributed by atoms with E-state index in [1.165, 1.54) is 11.1 Å². The average molecular weight is 460 g/mol. The Morgan fingerprint density at radius 2 is 1.88 bits per heavy atom. The van der Waals surface area contributed by atoms with Gasteiger partial charge in [0, 0.05) is 62.1 Å². The topological polar surface area (TPSA) is 84.5 Å². The molecule has 0 fully saturated rings. The lowest BCUT2D eigenvalue weighted by Crippen LogP contribution is -2.29. The fourth-order valence-corrected chi connectivity index (χ4v) is 4.04. The molecule has 0 aliphatic heterocycles. The molecule has 0 bridgehead atoms. The monoisotopic (exact) mass is 459 g/mol. The van der Waals surface area contributed by atoms with E-state index < -0.39 is 0 Å². The van der Waals surface area contributed by atoms with E-state index in [4.69, 9.17) is 15.5 Å². The van der Waals surface area contributed by atoms with E-state index in [1.54, 1.807) is 13.3 Å². The minimum Gasteiger partial charge on any atom is -0.494 e. The zero-order valence-corrected chi connectivity index (χ0v) is 20.8. The first-order valence-corrected chi connectivity index (χ1v) is 11.3. The molecule has 8 heteroatoms. The summed E-state index contributed by atoms with van der Waals surface area (Å²) < 4.78 is 7.79. The molecule has 34 heavy (non-hydrogen) atoms. The standard InChI is InChI=1S/C26H33N7O/c1-17-7-8-18-19(16-33(5)23(18)13-17)21-9-10-28-26(29-21)30-22-14-20(27)24(15-25(22)34-6)32(4)12-11-31(2)3/h7-10,13-16H,11-12,27H2,1-6H3,(H,28,29,30). The minimum absolute atomic E-state index is 0.480. The van der Waals surface area contributed by atoms with Crippen LogP contribution in [-0.4, -0.2) is 60.8 Å². The number of anilines is 4. The fourth-order valence-electron chi connectivity index (χ4n) is 4.04. The Morgan fingerprint density at radius 1 is 1.09 bits per heavy atom. The molecule has 2 heterocycles. The number of benzene rings is 2. The van der Waals surface area contributed by atoms with Crippen LogP contribution in [0.5, 0.6) is 5.75 Å². The van der Waals surface area contributed by atoms with Crippen molar-refractivity contribution in [3.8, 4) is 17.0 Å². The number of hydrogen-bond donors (Lipinski definition) is 2. The molecule has 0 aliphatic carbocycles. The molecule has 0 aliphatic rings. The molecule has 0 saturated carbocycles. The van der Waals surface area contributed by atoms with Crippen molar-refractivity contribution in [3.63, 3.8) is 0 Å². The molecule has 0 atom stereocenters. The lowest BCUT2D eigenvalue weighted by Gasteiger charge is -2.24. The SMILES string of the molecule is COc1cc(N(C)CCN(C)C)c(N)cc1Nc1nccc(-c2cn(C)c3cc(C)ccc23)n1. The normalized spacial score (nSPS) is 11.3. The highest BCUT2D eigenvalue weighted by Gasteiger charge is 2.15. The van der Waals surface area contributed by atoms with E-state index in [2.05, 4.69) is 77.1 Å². The Morgan fingerprint density at radius 3 is 2.62 bits per heavy atom. The molecule has 0 spiro atoms. The molecule has 4 rings (SSSR count). The fraction of sp³-hybridized carbons (Fsp3) is 0.308. The van der Waals surface area contributed by atoms with Crippen LogP contribution in [0.4, 0.5) is 23.0 Å². The average Bonchev–Trinajstić information content (AvgIpc) is 3.13. The van der Waals surface area contributed by atoms with Gasteiger partial charge in [-0.1, -0.05) is 12.1 Å². The second-order valence-electron chi connectivity index (χ2n) is 8.90. The van der Waals surface area contributed by atoms with Crippen LogP contribution in [0.15, 0.2) is 48.8 Å². The summed E-state index contributed by atoms with van der Waals surface area (Å²) in [5.41, 5.74) is 13.0. The summed E-state index contributed by atoms with van der Waals surface area (Å²) in [7, 11) is 9.84. The maximum Gasteiger partial charge on any atom is 0.227 e. The van der Waals surface area contributed by atoms with Crippen molar-refractivity contribution < 1.29 is 4.74 Å². The second kappa shape index (κ2) is 9.61. The highest BCUT2D eigenvalue weighted by molar-refractivity contribution is 5.95. The van der Waals surface area contributed by atoms with Gasteiger partial charge in [-0.05, 0) is 44.8 Å². The number of aryl methyl sites for hydroxylation is 2. The molecule has 0 amide bonds. The highest BCUT2D eigenvalue weighted by atomic mass is 16.5. The summed E-state index contributed by atoms with van der Waals surface area (Å²) in [5, 5.41) is 4.45. The number of hydrogen-bond acceptors (Lipinski definition) is 7. The van der Waals surface area contributed by atoms with Gasteiger partial charge in [0.05, 0.1) is 29.9 Å². The van der Waals surface area contributed by atoms with Crippen LogP contribution in [0.1, 0.15) is 5.56 Å². The maximum absolute atomic E-state index is 6.41. The van der Waals surface area contributed by atoms with Crippen molar-refractivity contribution >= 4 is 33.9 Å². The number of aromatic nitrogens is 3. The zero-order chi connectivity index (χ0) is 24.4. The van der Waals surface area contributed by atoms with Crippen LogP contribution in [0.3, 0.4) is 0 Å². The molecule has 3 N–H and O–H groups in total. The molecule has 0 saturated heterocycles. The third-order valence-corrected chi connectivity index (χ3v) is 5.97. The van der Waals surface area contributed by atoms with Gasteiger partial charge in [0.2, 0.25) is 5.95 Å². The third kappa shape index (κ3) is 4.77. The van der Waals surface area contributed by atoms with E-state index in [0.29, 0.717) is 17.4 Å². The molecule has 4 aromatic rings. The molecule has 0 unspecified atom stereocenters. The Hall–Kier alpha value is -3.78. The van der Waals surface area contributed by atoms with Crippen molar-refractivity contribution in [2.75, 3.05) is 57.3 Å². The minimum atomic E-state index is 0.480. The molecule has 2 aromatic carbocycles. The lowest BCUT2D eigenvalue weighted by atomic mass is 10.1. The highest BCUT2D eigenvalue weighted by Crippen LogP contribution is 2.36. The van der Waals surface area contributed by atoms with Gasteiger partial charge in [0.25, 0.3) is 0 Å². The summed E-state index contributed by atoms with van der Waals surface area (Å²) in [5.74, 6) is 1.16. The number of nitrogens with one attached hydrogen (secondary N) is 1. The van der Waals surface area contributed by atoms with Crippen molar-refractivity contribution in [2.45, 2.75) is 6.92 Å². The lowest BCUT2D eigenvalue weighted by molar-refractivity contribution is 0.413. The van der Waals surface area contributed by atoms with Crippen LogP contribution in [-0.2, 0) is 7.05 Å². The predicted molar refractivity (Wildman–Crippen MR) is 141 cm³/mol. The third-order valence-electron chi connectivity index (χ3n) is 5.97. The first kappa shape index (κ1) is 23.4. The van der Waals surface area contributed by atoms with Gasteiger partial charge in [0.1, 0.15) is 5.75 Å². The second-order valence-corrected chi connectivity index (χ2v) is 8.90. The van der Waals surface area contributed by atoms with Crippen molar-refractivity contribution in [1.29, 1.82) is 0 Å². The predicted octanol–water partition coefficient (Wildman–Crippen LogP) is 4.28. The number of nitrogen functional groups attached to an aromatic ring is 1. The van der Waals surface area contributed by atoms with Crippen LogP contribution >= 0.6 is 0 Å². The summed E-state index contributed by atoms with van der Waals surface area (Å²) >= 11 is 0. The summed E-state index contributed by atoms with van der Waals surface area (Å²) in [6.45, 7) is 3.87. The molecular formula is C26H33N7O. The van der Waals surface area contributed by atoms with Crippen LogP contribution < -0.4 is 20.7 Å². The number of ether oxygens (including phenoxy) is 1. The van der Waals surface area contributed by atoms with Crippen molar-refractivity contribution in [3.05, 3.63) is 54.4 Å². The Balaban J connectivity index is 1.64. The maximum atomic E-state index is 6.41. The van der Waals surface area contributed by atoms with Gasteiger partial charge in [0.15, 0.2) is 0 Å². The summed E-state index contributed by atoms with van der Waals surface area (Å²) in [4.78, 5) is 13.5. The van der Waals surface area contributed by atoms with Crippen LogP contribution in [0.25, 0.3) is 22.2 Å². The van der Waals surface area contributed by atoms with Gasteiger partial charge >= 0.3 is 0 Å². The first-order chi connectivity index (χ1) is 16.3. The number of rotatable bonds is 8. The molecule has 2 aromatic heterocycles. The Bertz CT molecular complexity index is 1310. The molecule has 0 radical (unpaired) electrons. The quantitative estimate of drug-likeness (QED) is 0.381. The Labute approximate surface area is 201 Å². The van der Waals surface area contributed by atoms with Gasteiger partial charge in [-0.2, -0.15) is 0 Å². The summed E-state index contributed by atoms with van der Waals surface area (Å²) in [6.07, 6.45) is 3.87. The van der Waals surface area contributed by atoms with Crippen LogP contribution in [0, 0.1) is 6.92 Å². The molecule has 178 valence electrons. The summed E-state index contributed by atoms with van der Waals surface area (Å²) in [6, 6.07) is 12.2. The van der Waals surface area contributed by atoms with E-state index in [-0.39, 0.29) is 0 Å². The largest absolute Gasteiger partial charge is 0.494 e. The molecule has 8 nitrogen and oxygen atoms in total.